The summed E-state index contributed by atoms with van der Waals surface area (Å²) in [5, 5.41) is 10.1. The van der Waals surface area contributed by atoms with E-state index in [1.165, 1.54) is 76.4 Å². The summed E-state index contributed by atoms with van der Waals surface area (Å²) in [7, 11) is 0. The fourth-order valence-electron chi connectivity index (χ4n) is 7.23. The average Bonchev–Trinajstić information content (AvgIpc) is 3.62. The van der Waals surface area contributed by atoms with Gasteiger partial charge < -0.3 is 8.82 Å². The molecule has 0 radical (unpaired) electrons. The topological polar surface area (TPSA) is 22.5 Å². The molecule has 40 heavy (non-hydrogen) atoms. The molecule has 0 atom stereocenters. The van der Waals surface area contributed by atoms with E-state index in [2.05, 4.69) is 139 Å². The van der Waals surface area contributed by atoms with E-state index in [4.69, 9.17) is 4.42 Å². The number of rotatable bonds is 1. The summed E-state index contributed by atoms with van der Waals surface area (Å²) in [5.41, 5.74) is 10.5. The first-order valence-corrected chi connectivity index (χ1v) is 14.5. The predicted molar refractivity (Wildman–Crippen MR) is 176 cm³/mol. The van der Waals surface area contributed by atoms with E-state index in [1.54, 1.807) is 0 Å². The van der Waals surface area contributed by atoms with Crippen molar-refractivity contribution in [2.75, 3.05) is 0 Å². The number of hydrogen-bond acceptors (Lipinski definition) is 1. The predicted octanol–water partition coefficient (Wildman–Crippen LogP) is 10.7. The Balaban J connectivity index is 1.58. The normalized spacial score (nSPS) is 12.6. The van der Waals surface area contributed by atoms with Crippen LogP contribution in [0, 0.1) is 0 Å². The van der Waals surface area contributed by atoms with Crippen LogP contribution in [-0.4, -0.2) is 7.18 Å². The van der Waals surface area contributed by atoms with E-state index in [9.17, 15) is 0 Å². The minimum atomic E-state index is 0.919. The average molecular weight is 622 g/mol. The molecule has 4 aromatic heterocycles. The van der Waals surface area contributed by atoms with Gasteiger partial charge in [-0.25, -0.2) is 0 Å². The van der Waals surface area contributed by atoms with E-state index in [0.29, 0.717) is 0 Å². The number of hydrogen-bond donors (Lipinski definition) is 0. The van der Waals surface area contributed by atoms with Crippen molar-refractivity contribution >= 4 is 105 Å². The quantitative estimate of drug-likeness (QED) is 0.167. The summed E-state index contributed by atoms with van der Waals surface area (Å²) in [4.78, 5) is 0. The van der Waals surface area contributed by atoms with Crippen LogP contribution in [0.4, 0.5) is 0 Å². The third-order valence-electron chi connectivity index (χ3n) is 8.76. The highest BCUT2D eigenvalue weighted by molar-refractivity contribution is 14.1. The maximum absolute atomic E-state index is 6.34. The smallest absolute Gasteiger partial charge is 0.136 e. The van der Waals surface area contributed by atoms with Crippen LogP contribution in [0.1, 0.15) is 0 Å². The molecule has 0 aliphatic heterocycles. The van der Waals surface area contributed by atoms with E-state index in [-0.39, 0.29) is 0 Å². The zero-order valence-corrected chi connectivity index (χ0v) is 23.3. The van der Waals surface area contributed by atoms with Crippen molar-refractivity contribution in [2.45, 2.75) is 0 Å². The van der Waals surface area contributed by atoms with Crippen LogP contribution in [0.15, 0.2) is 120 Å². The summed E-state index contributed by atoms with van der Waals surface area (Å²) in [6, 6.07) is 41.7. The number of halogens is 1. The molecule has 0 unspecified atom stereocenters. The van der Waals surface area contributed by atoms with Gasteiger partial charge in [-0.1, -0.05) is 78.9 Å². The second kappa shape index (κ2) is 7.34. The van der Waals surface area contributed by atoms with E-state index >= 15 is 0 Å². The largest absolute Gasteiger partial charge is 0.456 e. The van der Waals surface area contributed by atoms with Gasteiger partial charge in [0, 0.05) is 37.7 Å². The second-order valence-electron chi connectivity index (χ2n) is 10.7. The van der Waals surface area contributed by atoms with Gasteiger partial charge in [0.2, 0.25) is 0 Å². The maximum Gasteiger partial charge on any atom is 0.136 e. The molecule has 0 aliphatic carbocycles. The van der Waals surface area contributed by atoms with Gasteiger partial charge in [0.15, 0.2) is 0 Å². The molecule has 0 spiro atoms. The van der Waals surface area contributed by atoms with Crippen LogP contribution in [0.5, 0.6) is 0 Å². The minimum absolute atomic E-state index is 0.919. The summed E-state index contributed by atoms with van der Waals surface area (Å²) < 4.78 is 11.2. The fraction of sp³-hybridized carbons (Fsp3) is 0. The lowest BCUT2D eigenvalue weighted by atomic mass is 9.93. The monoisotopic (exact) mass is 622 g/mol. The number of para-hydroxylation sites is 3. The zero-order chi connectivity index (χ0) is 26.1. The van der Waals surface area contributed by atoms with Crippen molar-refractivity contribution in [2.24, 2.45) is 0 Å². The molecule has 3 nitrogen and oxygen atoms in total. The van der Waals surface area contributed by atoms with E-state index in [1.807, 2.05) is 6.07 Å². The van der Waals surface area contributed by atoms with Crippen LogP contribution in [-0.2, 0) is 0 Å². The summed E-state index contributed by atoms with van der Waals surface area (Å²) in [6.07, 6.45) is 0. The van der Waals surface area contributed by atoms with Gasteiger partial charge in [0.05, 0.1) is 50.4 Å². The molecule has 0 N–H and O–H groups in total. The van der Waals surface area contributed by atoms with Gasteiger partial charge in [-0.15, -0.1) is 0 Å². The van der Waals surface area contributed by atoms with Gasteiger partial charge in [-0.05, 0) is 52.9 Å². The lowest BCUT2D eigenvalue weighted by Crippen LogP contribution is -1.88. The van der Waals surface area contributed by atoms with Gasteiger partial charge in [0.1, 0.15) is 11.2 Å². The van der Waals surface area contributed by atoms with Crippen molar-refractivity contribution in [3.05, 3.63) is 115 Å². The summed E-state index contributed by atoms with van der Waals surface area (Å²) in [6.45, 7) is 0. The van der Waals surface area contributed by atoms with Crippen molar-refractivity contribution < 1.29 is 4.42 Å². The van der Waals surface area contributed by atoms with Gasteiger partial charge in [0.25, 0.3) is 0 Å². The van der Waals surface area contributed by atoms with Crippen molar-refractivity contribution in [1.29, 1.82) is 0 Å². The third-order valence-corrected chi connectivity index (χ3v) is 9.80. The molecule has 186 valence electrons. The first-order valence-electron chi connectivity index (χ1n) is 13.5. The Bertz CT molecular complexity index is 2670. The number of furan rings is 1. The van der Waals surface area contributed by atoms with Crippen LogP contribution < -0.4 is 0 Å². The first-order chi connectivity index (χ1) is 19.8. The van der Waals surface area contributed by atoms with Crippen molar-refractivity contribution in [3.8, 4) is 11.1 Å². The maximum atomic E-state index is 6.34. The summed E-state index contributed by atoms with van der Waals surface area (Å²) >= 11 is 2.49. The Morgan fingerprint density at radius 2 is 1.10 bits per heavy atom. The Hall–Kier alpha value is -4.55. The minimum Gasteiger partial charge on any atom is -0.456 e. The van der Waals surface area contributed by atoms with E-state index < -0.39 is 0 Å². The number of fused-ring (bicyclic) bond motifs is 9. The number of aromatic nitrogens is 2. The molecule has 6 aromatic carbocycles. The first kappa shape index (κ1) is 21.3. The number of nitrogens with zero attached hydrogens (tertiary/aromatic N) is 2. The lowest BCUT2D eigenvalue weighted by molar-refractivity contribution is 0.669. The molecule has 4 heterocycles. The molecule has 0 saturated carbocycles. The van der Waals surface area contributed by atoms with Crippen LogP contribution in [0.25, 0.3) is 93.0 Å². The van der Waals surface area contributed by atoms with Gasteiger partial charge >= 0.3 is 0 Å². The molecule has 0 aliphatic rings. The Kier molecular flexibility index (Phi) is 3.91. The SMILES string of the molecule is In1c2cccc3c4ccccc4n4c5ccccc5c5c(-c6cccc7oc8ccccc8c67)cc1c(c32)c54. The standard InChI is InChI=1S/C36H19IN2O/c37-39-28-16-7-12-21-20-9-1-4-14-26(20)38-27-15-5-2-10-23(27)33-25(19-29(39)35(34(21)28)36(33)38)22-13-8-18-31-32(22)24-11-3-6-17-30(24)40-31/h1-19H. The van der Waals surface area contributed by atoms with Gasteiger partial charge in [-0.2, -0.15) is 0 Å². The molecule has 10 rings (SSSR count). The molecule has 0 fully saturated rings. The second-order valence-corrected chi connectivity index (χ2v) is 11.6. The third kappa shape index (κ3) is 2.43. The van der Waals surface area contributed by atoms with Crippen LogP contribution >= 0.6 is 22.9 Å². The molecule has 4 heteroatoms. The Labute approximate surface area is 241 Å². The number of benzene rings is 6. The molecule has 0 amide bonds. The molecular weight excluding hydrogens is 603 g/mol. The zero-order valence-electron chi connectivity index (χ0n) is 21.2. The lowest BCUT2D eigenvalue weighted by Gasteiger charge is -2.10. The Morgan fingerprint density at radius 1 is 0.450 bits per heavy atom. The van der Waals surface area contributed by atoms with E-state index in [0.717, 1.165) is 16.6 Å². The van der Waals surface area contributed by atoms with Gasteiger partial charge in [-0.3, -0.25) is 2.78 Å². The molecule has 0 saturated heterocycles. The summed E-state index contributed by atoms with van der Waals surface area (Å²) in [5.74, 6) is 0. The fourth-order valence-corrected chi connectivity index (χ4v) is 8.01. The molecule has 10 aromatic rings. The van der Waals surface area contributed by atoms with Crippen molar-refractivity contribution in [3.63, 3.8) is 0 Å². The highest BCUT2D eigenvalue weighted by atomic mass is 127. The molecule has 0 bridgehead atoms. The highest BCUT2D eigenvalue weighted by Crippen LogP contribution is 2.49. The molecular formula is C36H19IN2O. The van der Waals surface area contributed by atoms with Crippen LogP contribution in [0.3, 0.4) is 0 Å². The van der Waals surface area contributed by atoms with Crippen LogP contribution in [0.2, 0.25) is 0 Å². The van der Waals surface area contributed by atoms with Crippen molar-refractivity contribution in [1.82, 2.24) is 7.18 Å². The highest BCUT2D eigenvalue weighted by Gasteiger charge is 2.25. The Morgan fingerprint density at radius 3 is 1.98 bits per heavy atom.